The standard InChI is InChI=1S/C25H24N4O2S/c1-32-19-8-6-7-18(17-19)26-25(30)29-15-13-28(14-16-29)24-20-9-2-4-11-22(20)31-23-12-5-3-10-21(23)27-24/h2-12,17H,13-16H2,1H3,(H,26,30). The van der Waals surface area contributed by atoms with Gasteiger partial charge in [0.05, 0.1) is 5.56 Å². The number of aliphatic imine (C=N–C) groups is 1. The Morgan fingerprint density at radius 1 is 0.938 bits per heavy atom. The Bertz CT molecular complexity index is 1170. The largest absolute Gasteiger partial charge is 0.454 e. The summed E-state index contributed by atoms with van der Waals surface area (Å²) in [7, 11) is 0. The average molecular weight is 445 g/mol. The molecule has 6 nitrogen and oxygen atoms in total. The molecule has 0 aliphatic carbocycles. The molecule has 0 aromatic heterocycles. The van der Waals surface area contributed by atoms with Gasteiger partial charge in [-0.05, 0) is 48.7 Å². The molecule has 1 saturated heterocycles. The molecule has 2 amide bonds. The highest BCUT2D eigenvalue weighted by Gasteiger charge is 2.27. The average Bonchev–Trinajstić information content (AvgIpc) is 3.01. The summed E-state index contributed by atoms with van der Waals surface area (Å²) in [6.07, 6.45) is 2.03. The summed E-state index contributed by atoms with van der Waals surface area (Å²) in [5.41, 5.74) is 2.60. The zero-order valence-electron chi connectivity index (χ0n) is 17.8. The second kappa shape index (κ2) is 8.96. The maximum absolute atomic E-state index is 12.8. The molecule has 2 heterocycles. The topological polar surface area (TPSA) is 57.2 Å². The van der Waals surface area contributed by atoms with E-state index >= 15 is 0 Å². The molecule has 0 atom stereocenters. The minimum absolute atomic E-state index is 0.0696. The van der Waals surface area contributed by atoms with Crippen LogP contribution in [0, 0.1) is 0 Å². The minimum atomic E-state index is -0.0696. The van der Waals surface area contributed by atoms with Gasteiger partial charge in [0.15, 0.2) is 5.75 Å². The molecule has 5 rings (SSSR count). The van der Waals surface area contributed by atoms with Crippen LogP contribution in [0.15, 0.2) is 82.7 Å². The zero-order valence-corrected chi connectivity index (χ0v) is 18.6. The molecule has 32 heavy (non-hydrogen) atoms. The van der Waals surface area contributed by atoms with Gasteiger partial charge in [-0.3, -0.25) is 0 Å². The van der Waals surface area contributed by atoms with Crippen LogP contribution < -0.4 is 10.1 Å². The first-order valence-electron chi connectivity index (χ1n) is 10.6. The Morgan fingerprint density at radius 2 is 1.69 bits per heavy atom. The molecule has 1 fully saturated rings. The number of hydrogen-bond acceptors (Lipinski definition) is 5. The van der Waals surface area contributed by atoms with Crippen molar-refractivity contribution in [3.05, 3.63) is 78.4 Å². The number of anilines is 1. The minimum Gasteiger partial charge on any atom is -0.454 e. The summed E-state index contributed by atoms with van der Waals surface area (Å²) in [5.74, 6) is 2.43. The van der Waals surface area contributed by atoms with E-state index in [4.69, 9.17) is 9.73 Å². The number of rotatable bonds is 2. The Morgan fingerprint density at radius 3 is 2.50 bits per heavy atom. The molecule has 162 valence electrons. The number of carbonyl (C=O) groups is 1. The fourth-order valence-corrected chi connectivity index (χ4v) is 4.39. The van der Waals surface area contributed by atoms with Gasteiger partial charge in [0.1, 0.15) is 17.3 Å². The third-order valence-corrected chi connectivity index (χ3v) is 6.35. The summed E-state index contributed by atoms with van der Waals surface area (Å²) in [6.45, 7) is 2.65. The van der Waals surface area contributed by atoms with Gasteiger partial charge in [-0.25, -0.2) is 9.79 Å². The van der Waals surface area contributed by atoms with Crippen molar-refractivity contribution in [2.24, 2.45) is 4.99 Å². The lowest BCUT2D eigenvalue weighted by Crippen LogP contribution is -2.51. The van der Waals surface area contributed by atoms with E-state index in [1.165, 1.54) is 0 Å². The van der Waals surface area contributed by atoms with Gasteiger partial charge in [0.2, 0.25) is 0 Å². The van der Waals surface area contributed by atoms with Crippen molar-refractivity contribution in [3.8, 4) is 11.5 Å². The highest BCUT2D eigenvalue weighted by atomic mass is 32.2. The number of ether oxygens (including phenoxy) is 1. The summed E-state index contributed by atoms with van der Waals surface area (Å²) < 4.78 is 6.15. The third kappa shape index (κ3) is 4.16. The van der Waals surface area contributed by atoms with Gasteiger partial charge in [-0.2, -0.15) is 0 Å². The van der Waals surface area contributed by atoms with Crippen LogP contribution >= 0.6 is 11.8 Å². The molecule has 0 spiro atoms. The van der Waals surface area contributed by atoms with Gasteiger partial charge in [0.25, 0.3) is 0 Å². The van der Waals surface area contributed by atoms with Crippen LogP contribution in [0.2, 0.25) is 0 Å². The van der Waals surface area contributed by atoms with Crippen molar-refractivity contribution in [2.75, 3.05) is 37.8 Å². The molecule has 2 aliphatic heterocycles. The molecule has 0 saturated carbocycles. The van der Waals surface area contributed by atoms with E-state index in [9.17, 15) is 4.79 Å². The van der Waals surface area contributed by atoms with Crippen molar-refractivity contribution < 1.29 is 9.53 Å². The van der Waals surface area contributed by atoms with Crippen LogP contribution in [0.5, 0.6) is 11.5 Å². The number of thioether (sulfide) groups is 1. The van der Waals surface area contributed by atoms with Crippen molar-refractivity contribution in [3.63, 3.8) is 0 Å². The number of para-hydroxylation sites is 3. The lowest BCUT2D eigenvalue weighted by Gasteiger charge is -2.36. The maximum Gasteiger partial charge on any atom is 0.321 e. The number of nitrogens with one attached hydrogen (secondary N) is 1. The van der Waals surface area contributed by atoms with Crippen molar-refractivity contribution in [2.45, 2.75) is 4.90 Å². The van der Waals surface area contributed by atoms with Gasteiger partial charge in [-0.1, -0.05) is 30.3 Å². The number of carbonyl (C=O) groups excluding carboxylic acids is 1. The van der Waals surface area contributed by atoms with Crippen molar-refractivity contribution in [1.82, 2.24) is 9.80 Å². The van der Waals surface area contributed by atoms with E-state index in [-0.39, 0.29) is 6.03 Å². The molecule has 0 unspecified atom stereocenters. The Labute approximate surface area is 191 Å². The number of fused-ring (bicyclic) bond motifs is 2. The Hall–Kier alpha value is -3.45. The van der Waals surface area contributed by atoms with Crippen molar-refractivity contribution in [1.29, 1.82) is 0 Å². The number of nitrogens with zero attached hydrogens (tertiary/aromatic N) is 3. The van der Waals surface area contributed by atoms with Crippen LogP contribution in [-0.2, 0) is 0 Å². The molecule has 2 aliphatic rings. The van der Waals surface area contributed by atoms with Crippen LogP contribution in [-0.4, -0.2) is 54.1 Å². The monoisotopic (exact) mass is 444 g/mol. The zero-order chi connectivity index (χ0) is 21.9. The summed E-state index contributed by atoms with van der Waals surface area (Å²) in [6, 6.07) is 23.6. The Balaban J connectivity index is 1.32. The normalized spacial score (nSPS) is 15.1. The first-order chi connectivity index (χ1) is 15.7. The van der Waals surface area contributed by atoms with E-state index in [1.807, 2.05) is 84.0 Å². The lowest BCUT2D eigenvalue weighted by molar-refractivity contribution is 0.181. The molecular formula is C25H24N4O2S. The number of piperazine rings is 1. The van der Waals surface area contributed by atoms with E-state index in [0.717, 1.165) is 39.2 Å². The quantitative estimate of drug-likeness (QED) is 0.535. The maximum atomic E-state index is 12.8. The third-order valence-electron chi connectivity index (χ3n) is 5.63. The molecule has 3 aromatic rings. The van der Waals surface area contributed by atoms with Gasteiger partial charge < -0.3 is 19.9 Å². The van der Waals surface area contributed by atoms with Gasteiger partial charge in [-0.15, -0.1) is 11.8 Å². The van der Waals surface area contributed by atoms with E-state index in [1.54, 1.807) is 11.8 Å². The predicted molar refractivity (Wildman–Crippen MR) is 130 cm³/mol. The highest BCUT2D eigenvalue weighted by molar-refractivity contribution is 7.98. The molecule has 3 aromatic carbocycles. The summed E-state index contributed by atoms with van der Waals surface area (Å²) in [4.78, 5) is 23.0. The summed E-state index contributed by atoms with van der Waals surface area (Å²) >= 11 is 1.66. The van der Waals surface area contributed by atoms with Gasteiger partial charge in [0, 0.05) is 36.8 Å². The molecule has 0 bridgehead atoms. The van der Waals surface area contributed by atoms with E-state index < -0.39 is 0 Å². The highest BCUT2D eigenvalue weighted by Crippen LogP contribution is 2.37. The van der Waals surface area contributed by atoms with Crippen LogP contribution in [0.4, 0.5) is 16.2 Å². The van der Waals surface area contributed by atoms with Crippen molar-refractivity contribution >= 4 is 35.0 Å². The number of hydrogen-bond donors (Lipinski definition) is 1. The van der Waals surface area contributed by atoms with Crippen LogP contribution in [0.3, 0.4) is 0 Å². The number of amides is 2. The first kappa shape index (κ1) is 20.5. The molecular weight excluding hydrogens is 420 g/mol. The summed E-state index contributed by atoms with van der Waals surface area (Å²) in [5, 5.41) is 3.02. The molecule has 0 radical (unpaired) electrons. The predicted octanol–water partition coefficient (Wildman–Crippen LogP) is 5.44. The molecule has 1 N–H and O–H groups in total. The number of urea groups is 1. The number of amidine groups is 1. The van der Waals surface area contributed by atoms with Crippen LogP contribution in [0.25, 0.3) is 0 Å². The van der Waals surface area contributed by atoms with E-state index in [2.05, 4.69) is 10.2 Å². The second-order valence-electron chi connectivity index (χ2n) is 7.64. The van der Waals surface area contributed by atoms with Gasteiger partial charge >= 0.3 is 6.03 Å². The Kier molecular flexibility index (Phi) is 5.73. The SMILES string of the molecule is CSc1cccc(NC(=O)N2CCN(C3=Nc4ccccc4Oc4ccccc43)CC2)c1. The second-order valence-corrected chi connectivity index (χ2v) is 8.52. The molecule has 7 heteroatoms. The van der Waals surface area contributed by atoms with Crippen LogP contribution in [0.1, 0.15) is 5.56 Å². The lowest BCUT2D eigenvalue weighted by atomic mass is 10.1. The number of benzene rings is 3. The fraction of sp³-hybridized carbons (Fsp3) is 0.200. The van der Waals surface area contributed by atoms with E-state index in [0.29, 0.717) is 26.2 Å². The smallest absolute Gasteiger partial charge is 0.321 e. The fourth-order valence-electron chi connectivity index (χ4n) is 3.93. The first-order valence-corrected chi connectivity index (χ1v) is 11.8.